The molecule has 0 aliphatic heterocycles. The summed E-state index contributed by atoms with van der Waals surface area (Å²) in [4.78, 5) is 8.28. The van der Waals surface area contributed by atoms with Crippen LogP contribution >= 0.6 is 0 Å². The molecule has 0 amide bonds. The lowest BCUT2D eigenvalue weighted by Gasteiger charge is -2.09. The lowest BCUT2D eigenvalue weighted by Crippen LogP contribution is -2.01. The van der Waals surface area contributed by atoms with E-state index in [9.17, 15) is 0 Å². The summed E-state index contributed by atoms with van der Waals surface area (Å²) in [5, 5.41) is 0. The van der Waals surface area contributed by atoms with Gasteiger partial charge in [0.25, 0.3) is 0 Å². The Kier molecular flexibility index (Phi) is 3.98. The molecule has 2 heterocycles. The molecule has 18 heavy (non-hydrogen) atoms. The number of imidazole rings is 1. The Balaban J connectivity index is 2.13. The summed E-state index contributed by atoms with van der Waals surface area (Å²) in [6, 6.07) is 1.80. The van der Waals surface area contributed by atoms with Crippen LogP contribution in [0, 0.1) is 12.3 Å². The Hall–Kier alpha value is -2.28. The number of unbranched alkanes of at least 4 members (excludes halogenated alkanes) is 2. The number of pyridine rings is 1. The molecule has 4 heteroatoms. The van der Waals surface area contributed by atoms with Crippen LogP contribution in [0.1, 0.15) is 19.3 Å². The van der Waals surface area contributed by atoms with E-state index in [1.54, 1.807) is 18.5 Å². The minimum atomic E-state index is 0.718. The molecule has 0 aliphatic carbocycles. The van der Waals surface area contributed by atoms with E-state index in [0.29, 0.717) is 0 Å². The van der Waals surface area contributed by atoms with Crippen LogP contribution in [0.4, 0.5) is 5.69 Å². The van der Waals surface area contributed by atoms with Crippen LogP contribution in [-0.4, -0.2) is 14.5 Å². The number of hydrogen-bond donors (Lipinski definition) is 1. The Morgan fingerprint density at radius 1 is 1.28 bits per heavy atom. The van der Waals surface area contributed by atoms with Crippen molar-refractivity contribution in [1.82, 2.24) is 14.5 Å². The molecule has 0 aliphatic rings. The Labute approximate surface area is 107 Å². The lowest BCUT2D eigenvalue weighted by atomic mass is 10.2. The maximum Gasteiger partial charge on any atom is 0.0950 e. The second-order valence-electron chi connectivity index (χ2n) is 4.10. The van der Waals surface area contributed by atoms with Crippen molar-refractivity contribution in [2.45, 2.75) is 25.8 Å². The summed E-state index contributed by atoms with van der Waals surface area (Å²) in [5.74, 6) is 2.65. The van der Waals surface area contributed by atoms with Crippen LogP contribution in [0.3, 0.4) is 0 Å². The first-order valence-corrected chi connectivity index (χ1v) is 5.96. The van der Waals surface area contributed by atoms with E-state index < -0.39 is 0 Å². The normalized spacial score (nSPS) is 10.2. The molecule has 0 atom stereocenters. The minimum Gasteiger partial charge on any atom is -0.398 e. The Morgan fingerprint density at radius 2 is 2.17 bits per heavy atom. The van der Waals surface area contributed by atoms with Crippen LogP contribution in [0.25, 0.3) is 11.3 Å². The summed E-state index contributed by atoms with van der Waals surface area (Å²) in [6.45, 7) is 0.894. The predicted molar refractivity (Wildman–Crippen MR) is 72.6 cm³/mol. The molecule has 0 spiro atoms. The highest BCUT2D eigenvalue weighted by Crippen LogP contribution is 2.24. The standard InChI is InChI=1S/C14H16N4/c1-2-3-4-5-8-18-11-17-10-14(18)12-9-16-7-6-13(12)15/h1,6-7,9-11H,3-5,8H2,(H2,15,16). The number of rotatable bonds is 5. The first-order chi connectivity index (χ1) is 8.83. The number of nitrogens with zero attached hydrogens (tertiary/aromatic N) is 3. The average Bonchev–Trinajstić information content (AvgIpc) is 2.83. The third-order valence-corrected chi connectivity index (χ3v) is 2.81. The molecule has 4 nitrogen and oxygen atoms in total. The van der Waals surface area contributed by atoms with Crippen molar-refractivity contribution in [1.29, 1.82) is 0 Å². The van der Waals surface area contributed by atoms with Gasteiger partial charge in [-0.05, 0) is 18.9 Å². The molecule has 0 radical (unpaired) electrons. The van der Waals surface area contributed by atoms with Crippen molar-refractivity contribution in [3.63, 3.8) is 0 Å². The van der Waals surface area contributed by atoms with Crippen LogP contribution in [0.5, 0.6) is 0 Å². The van der Waals surface area contributed by atoms with Gasteiger partial charge in [-0.1, -0.05) is 0 Å². The van der Waals surface area contributed by atoms with E-state index in [2.05, 4.69) is 20.5 Å². The van der Waals surface area contributed by atoms with Crippen molar-refractivity contribution in [3.05, 3.63) is 31.0 Å². The second-order valence-corrected chi connectivity index (χ2v) is 4.10. The zero-order valence-electron chi connectivity index (χ0n) is 10.2. The van der Waals surface area contributed by atoms with E-state index in [1.807, 2.05) is 12.5 Å². The molecule has 0 fully saturated rings. The lowest BCUT2D eigenvalue weighted by molar-refractivity contribution is 0.621. The van der Waals surface area contributed by atoms with Gasteiger partial charge in [-0.3, -0.25) is 4.98 Å². The van der Waals surface area contributed by atoms with Crippen LogP contribution in [0.15, 0.2) is 31.0 Å². The van der Waals surface area contributed by atoms with E-state index >= 15 is 0 Å². The van der Waals surface area contributed by atoms with Crippen LogP contribution < -0.4 is 5.73 Å². The summed E-state index contributed by atoms with van der Waals surface area (Å²) < 4.78 is 2.09. The number of nitrogens with two attached hydrogens (primary N) is 1. The SMILES string of the molecule is C#CCCCCn1cncc1-c1cnccc1N. The van der Waals surface area contributed by atoms with Gasteiger partial charge in [-0.25, -0.2) is 4.98 Å². The average molecular weight is 240 g/mol. The third kappa shape index (κ3) is 2.69. The summed E-state index contributed by atoms with van der Waals surface area (Å²) in [6.07, 6.45) is 15.2. The van der Waals surface area contributed by atoms with Crippen molar-refractivity contribution >= 4 is 5.69 Å². The molecular weight excluding hydrogens is 224 g/mol. The van der Waals surface area contributed by atoms with Gasteiger partial charge in [0, 0.05) is 36.6 Å². The fraction of sp³-hybridized carbons (Fsp3) is 0.286. The Morgan fingerprint density at radius 3 is 2.94 bits per heavy atom. The van der Waals surface area contributed by atoms with Crippen molar-refractivity contribution < 1.29 is 0 Å². The number of hydrogen-bond acceptors (Lipinski definition) is 3. The molecule has 0 bridgehead atoms. The van der Waals surface area contributed by atoms with Crippen molar-refractivity contribution in [2.75, 3.05) is 5.73 Å². The highest BCUT2D eigenvalue weighted by Gasteiger charge is 2.07. The quantitative estimate of drug-likeness (QED) is 0.644. The highest BCUT2D eigenvalue weighted by molar-refractivity contribution is 5.72. The summed E-state index contributed by atoms with van der Waals surface area (Å²) in [5.41, 5.74) is 8.59. The van der Waals surface area contributed by atoms with Crippen molar-refractivity contribution in [3.8, 4) is 23.6 Å². The van der Waals surface area contributed by atoms with Crippen LogP contribution in [0.2, 0.25) is 0 Å². The molecule has 0 saturated heterocycles. The van der Waals surface area contributed by atoms with E-state index in [0.717, 1.165) is 42.8 Å². The Bertz CT molecular complexity index is 551. The number of aryl methyl sites for hydroxylation is 1. The van der Waals surface area contributed by atoms with Crippen molar-refractivity contribution in [2.24, 2.45) is 0 Å². The monoisotopic (exact) mass is 240 g/mol. The molecular formula is C14H16N4. The van der Waals surface area contributed by atoms with Gasteiger partial charge in [-0.2, -0.15) is 0 Å². The first-order valence-electron chi connectivity index (χ1n) is 5.96. The zero-order chi connectivity index (χ0) is 12.8. The number of terminal acetylenes is 1. The maximum atomic E-state index is 5.95. The fourth-order valence-electron chi connectivity index (χ4n) is 1.85. The largest absolute Gasteiger partial charge is 0.398 e. The smallest absolute Gasteiger partial charge is 0.0950 e. The molecule has 2 rings (SSSR count). The summed E-state index contributed by atoms with van der Waals surface area (Å²) in [7, 11) is 0. The summed E-state index contributed by atoms with van der Waals surface area (Å²) >= 11 is 0. The molecule has 92 valence electrons. The molecule has 2 aromatic rings. The van der Waals surface area contributed by atoms with E-state index in [4.69, 9.17) is 12.2 Å². The van der Waals surface area contributed by atoms with Gasteiger partial charge < -0.3 is 10.3 Å². The topological polar surface area (TPSA) is 56.7 Å². The molecule has 0 aromatic carbocycles. The zero-order valence-corrected chi connectivity index (χ0v) is 10.2. The first kappa shape index (κ1) is 12.2. The highest BCUT2D eigenvalue weighted by atomic mass is 15.0. The van der Waals surface area contributed by atoms with E-state index in [1.165, 1.54) is 0 Å². The molecule has 2 aromatic heterocycles. The second kappa shape index (κ2) is 5.87. The maximum absolute atomic E-state index is 5.95. The third-order valence-electron chi connectivity index (χ3n) is 2.81. The number of aromatic nitrogens is 3. The molecule has 2 N–H and O–H groups in total. The number of anilines is 1. The van der Waals surface area contributed by atoms with Gasteiger partial charge in [0.2, 0.25) is 0 Å². The minimum absolute atomic E-state index is 0.718. The molecule has 0 saturated carbocycles. The van der Waals surface area contributed by atoms with Gasteiger partial charge in [0.1, 0.15) is 0 Å². The molecule has 0 unspecified atom stereocenters. The number of nitrogen functional groups attached to an aromatic ring is 1. The van der Waals surface area contributed by atoms with Gasteiger partial charge >= 0.3 is 0 Å². The fourth-order valence-corrected chi connectivity index (χ4v) is 1.85. The van der Waals surface area contributed by atoms with E-state index in [-0.39, 0.29) is 0 Å². The van der Waals surface area contributed by atoms with Gasteiger partial charge in [0.05, 0.1) is 18.2 Å². The van der Waals surface area contributed by atoms with Gasteiger partial charge in [-0.15, -0.1) is 12.3 Å². The van der Waals surface area contributed by atoms with Crippen LogP contribution in [-0.2, 0) is 6.54 Å². The predicted octanol–water partition coefficient (Wildman–Crippen LogP) is 2.33. The van der Waals surface area contributed by atoms with Gasteiger partial charge in [0.15, 0.2) is 0 Å².